The molecule has 0 saturated heterocycles. The maximum atomic E-state index is 10.9. The van der Waals surface area contributed by atoms with Crippen molar-refractivity contribution >= 4 is 27.5 Å². The van der Waals surface area contributed by atoms with Crippen LogP contribution in [0.15, 0.2) is 18.2 Å². The average Bonchev–Trinajstić information content (AvgIpc) is 2.16. The normalized spacial score (nSPS) is 9.79. The van der Waals surface area contributed by atoms with Gasteiger partial charge in [0.15, 0.2) is 0 Å². The molecule has 0 heterocycles. The number of nitrogens with two attached hydrogens (primary N) is 1. The number of benzene rings is 1. The molecule has 2 N–H and O–H groups in total. The lowest BCUT2D eigenvalue weighted by atomic mass is 10.1. The lowest BCUT2D eigenvalue weighted by molar-refractivity contribution is -0.385. The fourth-order valence-electron chi connectivity index (χ4n) is 1.12. The van der Waals surface area contributed by atoms with Crippen molar-refractivity contribution in [1.29, 1.82) is 0 Å². The maximum absolute atomic E-state index is 10.9. The van der Waals surface area contributed by atoms with Crippen LogP contribution < -0.4 is 5.73 Å². The van der Waals surface area contributed by atoms with E-state index in [2.05, 4.69) is 15.9 Å². The third kappa shape index (κ3) is 1.90. The van der Waals surface area contributed by atoms with Gasteiger partial charge in [-0.25, -0.2) is 0 Å². The number of alkyl halides is 1. The van der Waals surface area contributed by atoms with Crippen LogP contribution in [0.2, 0.25) is 0 Å². The first-order valence-corrected chi connectivity index (χ1v) is 4.82. The number of primary amides is 1. The first kappa shape index (κ1) is 10.6. The molecule has 1 amide bonds. The number of hydrogen-bond donors (Lipinski definition) is 1. The number of nitro groups is 1. The minimum Gasteiger partial charge on any atom is -0.366 e. The van der Waals surface area contributed by atoms with Crippen LogP contribution in [0, 0.1) is 10.1 Å². The molecule has 1 rings (SSSR count). The van der Waals surface area contributed by atoms with Crippen LogP contribution in [0.4, 0.5) is 5.69 Å². The van der Waals surface area contributed by atoms with Crippen LogP contribution in [0.1, 0.15) is 15.9 Å². The predicted molar refractivity (Wildman–Crippen MR) is 54.2 cm³/mol. The number of rotatable bonds is 3. The summed E-state index contributed by atoms with van der Waals surface area (Å²) in [6, 6.07) is 4.24. The zero-order chi connectivity index (χ0) is 10.7. The Balaban J connectivity index is 3.39. The van der Waals surface area contributed by atoms with Crippen LogP contribution in [-0.4, -0.2) is 10.8 Å². The van der Waals surface area contributed by atoms with Crippen molar-refractivity contribution in [1.82, 2.24) is 0 Å². The van der Waals surface area contributed by atoms with E-state index in [1.165, 1.54) is 18.2 Å². The fourth-order valence-corrected chi connectivity index (χ4v) is 1.71. The van der Waals surface area contributed by atoms with Crippen molar-refractivity contribution < 1.29 is 9.72 Å². The Morgan fingerprint density at radius 2 is 2.21 bits per heavy atom. The highest BCUT2D eigenvalue weighted by Crippen LogP contribution is 2.24. The Morgan fingerprint density at radius 1 is 1.57 bits per heavy atom. The zero-order valence-electron chi connectivity index (χ0n) is 7.07. The molecule has 0 aliphatic heterocycles. The zero-order valence-corrected chi connectivity index (χ0v) is 8.65. The van der Waals surface area contributed by atoms with Crippen LogP contribution in [0.3, 0.4) is 0 Å². The Morgan fingerprint density at radius 3 is 2.64 bits per heavy atom. The van der Waals surface area contributed by atoms with Gasteiger partial charge in [-0.05, 0) is 6.07 Å². The molecular formula is C8H7BrN2O3. The summed E-state index contributed by atoms with van der Waals surface area (Å²) in [7, 11) is 0. The molecule has 1 aromatic rings. The first-order valence-electron chi connectivity index (χ1n) is 3.70. The summed E-state index contributed by atoms with van der Waals surface area (Å²) in [5, 5.41) is 10.8. The summed E-state index contributed by atoms with van der Waals surface area (Å²) in [6.07, 6.45) is 0. The maximum Gasteiger partial charge on any atom is 0.274 e. The summed E-state index contributed by atoms with van der Waals surface area (Å²) >= 11 is 3.08. The largest absolute Gasteiger partial charge is 0.366 e. The SMILES string of the molecule is NC(=O)c1cccc([N+](=O)[O-])c1CBr. The second kappa shape index (κ2) is 4.19. The second-order valence-corrected chi connectivity index (χ2v) is 3.12. The minimum atomic E-state index is -0.664. The van der Waals surface area contributed by atoms with Crippen LogP contribution >= 0.6 is 15.9 Å². The van der Waals surface area contributed by atoms with E-state index >= 15 is 0 Å². The van der Waals surface area contributed by atoms with Gasteiger partial charge in [-0.15, -0.1) is 0 Å². The molecule has 0 unspecified atom stereocenters. The number of carbonyl (C=O) groups excluding carboxylic acids is 1. The van der Waals surface area contributed by atoms with Crippen molar-refractivity contribution in [3.63, 3.8) is 0 Å². The van der Waals surface area contributed by atoms with E-state index in [1.54, 1.807) is 0 Å². The summed E-state index contributed by atoms with van der Waals surface area (Å²) < 4.78 is 0. The number of nitro benzene ring substituents is 1. The van der Waals surface area contributed by atoms with E-state index in [0.29, 0.717) is 5.56 Å². The Kier molecular flexibility index (Phi) is 3.19. The molecule has 6 heteroatoms. The molecule has 0 bridgehead atoms. The van der Waals surface area contributed by atoms with Gasteiger partial charge in [0.2, 0.25) is 5.91 Å². The van der Waals surface area contributed by atoms with Crippen molar-refractivity contribution in [3.8, 4) is 0 Å². The van der Waals surface area contributed by atoms with E-state index < -0.39 is 10.8 Å². The molecule has 0 saturated carbocycles. The molecule has 0 aromatic heterocycles. The summed E-state index contributed by atoms with van der Waals surface area (Å²) in [5.74, 6) is -0.664. The molecule has 0 spiro atoms. The highest BCUT2D eigenvalue weighted by molar-refractivity contribution is 9.08. The number of carbonyl (C=O) groups is 1. The highest BCUT2D eigenvalue weighted by atomic mass is 79.9. The van der Waals surface area contributed by atoms with Gasteiger partial charge < -0.3 is 5.73 Å². The van der Waals surface area contributed by atoms with Crippen LogP contribution in [0.25, 0.3) is 0 Å². The van der Waals surface area contributed by atoms with Gasteiger partial charge in [0.05, 0.1) is 10.5 Å². The second-order valence-electron chi connectivity index (χ2n) is 2.56. The molecule has 0 fully saturated rings. The van der Waals surface area contributed by atoms with Crippen molar-refractivity contribution in [2.75, 3.05) is 0 Å². The third-order valence-corrected chi connectivity index (χ3v) is 2.31. The van der Waals surface area contributed by atoms with E-state index in [9.17, 15) is 14.9 Å². The predicted octanol–water partition coefficient (Wildman–Crippen LogP) is 1.59. The van der Waals surface area contributed by atoms with E-state index in [0.717, 1.165) is 0 Å². The van der Waals surface area contributed by atoms with Gasteiger partial charge in [0, 0.05) is 17.0 Å². The van der Waals surface area contributed by atoms with E-state index in [4.69, 9.17) is 5.73 Å². The number of nitrogens with zero attached hydrogens (tertiary/aromatic N) is 1. The molecular weight excluding hydrogens is 252 g/mol. The molecule has 74 valence electrons. The molecule has 0 radical (unpaired) electrons. The first-order chi connectivity index (χ1) is 6.57. The lowest BCUT2D eigenvalue weighted by Crippen LogP contribution is -2.14. The lowest BCUT2D eigenvalue weighted by Gasteiger charge is -2.03. The minimum absolute atomic E-state index is 0.0989. The summed E-state index contributed by atoms with van der Waals surface area (Å²) in [4.78, 5) is 21.0. The van der Waals surface area contributed by atoms with Gasteiger partial charge in [0.25, 0.3) is 5.69 Å². The summed E-state index contributed by atoms with van der Waals surface area (Å²) in [5.41, 5.74) is 5.47. The third-order valence-electron chi connectivity index (χ3n) is 1.75. The van der Waals surface area contributed by atoms with Gasteiger partial charge in [-0.1, -0.05) is 22.0 Å². The van der Waals surface area contributed by atoms with E-state index in [-0.39, 0.29) is 16.6 Å². The number of amides is 1. The number of halogens is 1. The Bertz CT molecular complexity index is 360. The van der Waals surface area contributed by atoms with Gasteiger partial charge in [0.1, 0.15) is 0 Å². The Labute approximate surface area is 88.2 Å². The Hall–Kier alpha value is -1.43. The van der Waals surface area contributed by atoms with Crippen molar-refractivity contribution in [3.05, 3.63) is 39.4 Å². The monoisotopic (exact) mass is 258 g/mol. The highest BCUT2D eigenvalue weighted by Gasteiger charge is 2.18. The van der Waals surface area contributed by atoms with Crippen molar-refractivity contribution in [2.24, 2.45) is 5.73 Å². The van der Waals surface area contributed by atoms with Crippen molar-refractivity contribution in [2.45, 2.75) is 5.33 Å². The standard InChI is InChI=1S/C8H7BrN2O3/c9-4-6-5(8(10)12)2-1-3-7(6)11(13)14/h1-3H,4H2,(H2,10,12). The topological polar surface area (TPSA) is 86.2 Å². The van der Waals surface area contributed by atoms with Gasteiger partial charge >= 0.3 is 0 Å². The molecule has 0 aliphatic carbocycles. The fraction of sp³-hybridized carbons (Fsp3) is 0.125. The van der Waals surface area contributed by atoms with Gasteiger partial charge in [-0.2, -0.15) is 0 Å². The van der Waals surface area contributed by atoms with Gasteiger partial charge in [-0.3, -0.25) is 14.9 Å². The summed E-state index contributed by atoms with van der Waals surface area (Å²) in [6.45, 7) is 0. The molecule has 14 heavy (non-hydrogen) atoms. The molecule has 5 nitrogen and oxygen atoms in total. The number of hydrogen-bond acceptors (Lipinski definition) is 3. The molecule has 1 aromatic carbocycles. The quantitative estimate of drug-likeness (QED) is 0.508. The average molecular weight is 259 g/mol. The van der Waals surface area contributed by atoms with Crippen LogP contribution in [-0.2, 0) is 5.33 Å². The molecule has 0 atom stereocenters. The van der Waals surface area contributed by atoms with E-state index in [1.807, 2.05) is 0 Å². The molecule has 0 aliphatic rings. The van der Waals surface area contributed by atoms with Crippen LogP contribution in [0.5, 0.6) is 0 Å². The smallest absolute Gasteiger partial charge is 0.274 e.